The highest BCUT2D eigenvalue weighted by molar-refractivity contribution is 6.28. The number of hydrogen-bond acceptors (Lipinski definition) is 6. The molecule has 182 valence electrons. The number of nitrogens with zero attached hydrogens (tertiary/aromatic N) is 4. The molecule has 0 aliphatic rings. The summed E-state index contributed by atoms with van der Waals surface area (Å²) in [5.41, 5.74) is 0.182. The molecule has 34 heavy (non-hydrogen) atoms. The van der Waals surface area contributed by atoms with Crippen LogP contribution in [-0.2, 0) is 6.54 Å². The predicted octanol–water partition coefficient (Wildman–Crippen LogP) is 6.31. The van der Waals surface area contributed by atoms with E-state index < -0.39 is 42.4 Å². The molecule has 6 nitrogen and oxygen atoms in total. The molecule has 3 aromatic rings. The van der Waals surface area contributed by atoms with E-state index in [9.17, 15) is 30.7 Å². The Morgan fingerprint density at radius 1 is 0.882 bits per heavy atom. The Balaban J connectivity index is 1.88. The van der Waals surface area contributed by atoms with Gasteiger partial charge in [0.25, 0.3) is 0 Å². The number of rotatable bonds is 8. The second kappa shape index (κ2) is 10.3. The van der Waals surface area contributed by atoms with Gasteiger partial charge in [0, 0.05) is 13.1 Å². The average molecular weight is 511 g/mol. The number of benzene rings is 2. The van der Waals surface area contributed by atoms with Gasteiger partial charge in [0.15, 0.2) is 0 Å². The van der Waals surface area contributed by atoms with Gasteiger partial charge >= 0.3 is 18.5 Å². The summed E-state index contributed by atoms with van der Waals surface area (Å²) in [6.45, 7) is -0.967. The van der Waals surface area contributed by atoms with Crippen molar-refractivity contribution in [3.8, 4) is 17.5 Å². The molecule has 0 atom stereocenters. The molecule has 0 fully saturated rings. The van der Waals surface area contributed by atoms with Crippen LogP contribution in [0.1, 0.15) is 12.0 Å². The molecular formula is C20H14ClF7N4O2. The number of alkyl halides is 6. The van der Waals surface area contributed by atoms with Gasteiger partial charge in [-0.3, -0.25) is 0 Å². The fraction of sp³-hybridized carbons (Fsp3) is 0.250. The molecule has 0 bridgehead atoms. The standard InChI is InChI=1S/C20H14ClF7N4O2/c21-16-29-17(31-18(30-16)33-14-6-4-13(22)5-7-14)32(9-8-19(23,24)25)11-12-2-1-3-15(10-12)34-20(26,27)28/h1-7,10H,8-9,11H2. The van der Waals surface area contributed by atoms with Crippen LogP contribution in [0.5, 0.6) is 17.5 Å². The van der Waals surface area contributed by atoms with E-state index in [1.807, 2.05) is 0 Å². The zero-order valence-corrected chi connectivity index (χ0v) is 17.6. The number of hydrogen-bond donors (Lipinski definition) is 0. The summed E-state index contributed by atoms with van der Waals surface area (Å²) in [6, 6.07) is 9.06. The number of aromatic nitrogens is 3. The van der Waals surface area contributed by atoms with Gasteiger partial charge in [-0.1, -0.05) is 12.1 Å². The first-order chi connectivity index (χ1) is 15.9. The normalized spacial score (nSPS) is 11.9. The van der Waals surface area contributed by atoms with E-state index >= 15 is 0 Å². The largest absolute Gasteiger partial charge is 0.573 e. The number of halogens is 8. The monoisotopic (exact) mass is 510 g/mol. The van der Waals surface area contributed by atoms with E-state index in [0.29, 0.717) is 0 Å². The molecule has 0 radical (unpaired) electrons. The lowest BCUT2D eigenvalue weighted by Gasteiger charge is -2.24. The van der Waals surface area contributed by atoms with Crippen molar-refractivity contribution in [2.24, 2.45) is 0 Å². The van der Waals surface area contributed by atoms with Crippen LogP contribution in [0.4, 0.5) is 36.7 Å². The predicted molar refractivity (Wildman–Crippen MR) is 106 cm³/mol. The van der Waals surface area contributed by atoms with Crippen molar-refractivity contribution in [1.82, 2.24) is 15.0 Å². The summed E-state index contributed by atoms with van der Waals surface area (Å²) in [5.74, 6) is -1.27. The van der Waals surface area contributed by atoms with Crippen molar-refractivity contribution < 1.29 is 40.2 Å². The number of ether oxygens (including phenoxy) is 2. The highest BCUT2D eigenvalue weighted by Crippen LogP contribution is 2.27. The smallest absolute Gasteiger partial charge is 0.424 e. The molecule has 0 aliphatic heterocycles. The Hall–Kier alpha value is -3.35. The second-order valence-corrected chi connectivity index (χ2v) is 7.06. The van der Waals surface area contributed by atoms with Crippen molar-refractivity contribution in [2.75, 3.05) is 11.4 Å². The maximum Gasteiger partial charge on any atom is 0.573 e. The maximum absolute atomic E-state index is 13.1. The van der Waals surface area contributed by atoms with Crippen LogP contribution >= 0.6 is 11.6 Å². The fourth-order valence-corrected chi connectivity index (χ4v) is 2.84. The summed E-state index contributed by atoms with van der Waals surface area (Å²) < 4.78 is 98.5. The van der Waals surface area contributed by atoms with E-state index in [1.54, 1.807) is 0 Å². The molecule has 1 aromatic heterocycles. The Morgan fingerprint density at radius 2 is 1.59 bits per heavy atom. The highest BCUT2D eigenvalue weighted by atomic mass is 35.5. The van der Waals surface area contributed by atoms with Crippen molar-refractivity contribution in [3.63, 3.8) is 0 Å². The van der Waals surface area contributed by atoms with Crippen molar-refractivity contribution in [1.29, 1.82) is 0 Å². The van der Waals surface area contributed by atoms with E-state index in [2.05, 4.69) is 19.7 Å². The molecule has 0 unspecified atom stereocenters. The molecule has 14 heteroatoms. The van der Waals surface area contributed by atoms with Gasteiger partial charge in [-0.25, -0.2) is 4.39 Å². The summed E-state index contributed by atoms with van der Waals surface area (Å²) in [7, 11) is 0. The van der Waals surface area contributed by atoms with Gasteiger partial charge in [0.2, 0.25) is 11.2 Å². The second-order valence-electron chi connectivity index (χ2n) is 6.72. The molecule has 0 N–H and O–H groups in total. The van der Waals surface area contributed by atoms with E-state index in [-0.39, 0.29) is 29.8 Å². The Bertz CT molecular complexity index is 1110. The van der Waals surface area contributed by atoms with Crippen LogP contribution in [0.3, 0.4) is 0 Å². The van der Waals surface area contributed by atoms with Crippen LogP contribution in [-0.4, -0.2) is 34.0 Å². The fourth-order valence-electron chi connectivity index (χ4n) is 2.69. The van der Waals surface area contributed by atoms with Crippen molar-refractivity contribution >= 4 is 17.5 Å². The molecule has 2 aromatic carbocycles. The molecule has 3 rings (SSSR count). The first kappa shape index (κ1) is 25.3. The van der Waals surface area contributed by atoms with Gasteiger partial charge in [-0.05, 0) is 53.6 Å². The van der Waals surface area contributed by atoms with E-state index in [0.717, 1.165) is 29.2 Å². The average Bonchev–Trinajstić information content (AvgIpc) is 2.71. The molecule has 0 saturated carbocycles. The maximum atomic E-state index is 13.1. The topological polar surface area (TPSA) is 60.4 Å². The SMILES string of the molecule is Fc1ccc(Oc2nc(Cl)nc(N(CCC(F)(F)F)Cc3cccc(OC(F)(F)F)c3)n2)cc1. The first-order valence-electron chi connectivity index (χ1n) is 9.38. The minimum absolute atomic E-state index is 0.119. The van der Waals surface area contributed by atoms with Crippen LogP contribution < -0.4 is 14.4 Å². The minimum Gasteiger partial charge on any atom is -0.424 e. The first-order valence-corrected chi connectivity index (χ1v) is 9.75. The lowest BCUT2D eigenvalue weighted by atomic mass is 10.2. The number of anilines is 1. The van der Waals surface area contributed by atoms with E-state index in [1.165, 1.54) is 24.3 Å². The zero-order valence-electron chi connectivity index (χ0n) is 16.9. The Morgan fingerprint density at radius 3 is 2.24 bits per heavy atom. The summed E-state index contributed by atoms with van der Waals surface area (Å²) in [6.07, 6.45) is -10.8. The van der Waals surface area contributed by atoms with Crippen molar-refractivity contribution in [2.45, 2.75) is 25.5 Å². The molecule has 0 aliphatic carbocycles. The molecule has 1 heterocycles. The Labute approximate surface area is 192 Å². The molecule has 0 spiro atoms. The summed E-state index contributed by atoms with van der Waals surface area (Å²) in [5, 5.41) is -0.409. The summed E-state index contributed by atoms with van der Waals surface area (Å²) >= 11 is 5.88. The molecule has 0 saturated heterocycles. The third-order valence-electron chi connectivity index (χ3n) is 4.05. The quantitative estimate of drug-likeness (QED) is 0.331. The van der Waals surface area contributed by atoms with Crippen LogP contribution in [0.25, 0.3) is 0 Å². The third-order valence-corrected chi connectivity index (χ3v) is 4.22. The molecular weight excluding hydrogens is 497 g/mol. The zero-order chi connectivity index (χ0) is 24.9. The van der Waals surface area contributed by atoms with Crippen LogP contribution in [0.15, 0.2) is 48.5 Å². The van der Waals surface area contributed by atoms with Gasteiger partial charge in [-0.2, -0.15) is 28.1 Å². The summed E-state index contributed by atoms with van der Waals surface area (Å²) in [4.78, 5) is 12.6. The van der Waals surface area contributed by atoms with Crippen LogP contribution in [0, 0.1) is 5.82 Å². The highest BCUT2D eigenvalue weighted by Gasteiger charge is 2.31. The van der Waals surface area contributed by atoms with Crippen LogP contribution in [0.2, 0.25) is 5.28 Å². The van der Waals surface area contributed by atoms with Gasteiger partial charge < -0.3 is 14.4 Å². The lowest BCUT2D eigenvalue weighted by Crippen LogP contribution is -2.29. The van der Waals surface area contributed by atoms with Crippen molar-refractivity contribution in [3.05, 3.63) is 65.2 Å². The van der Waals surface area contributed by atoms with Gasteiger partial charge in [0.1, 0.15) is 17.3 Å². The lowest BCUT2D eigenvalue weighted by molar-refractivity contribution is -0.274. The van der Waals surface area contributed by atoms with Gasteiger partial charge in [-0.15, -0.1) is 13.2 Å². The van der Waals surface area contributed by atoms with E-state index in [4.69, 9.17) is 16.3 Å². The molecule has 0 amide bonds. The minimum atomic E-state index is -4.94. The Kier molecular flexibility index (Phi) is 7.64. The van der Waals surface area contributed by atoms with Gasteiger partial charge in [0.05, 0.1) is 6.42 Å². The third kappa shape index (κ3) is 8.21.